The molecular formula is C29H39ClN2O6. The number of nitrogens with zero attached hydrogens (tertiary/aromatic N) is 2. The Morgan fingerprint density at radius 3 is 2.68 bits per heavy atom. The fraction of sp³-hybridized carbons (Fsp3) is 0.621. The second-order valence-corrected chi connectivity index (χ2v) is 11.2. The van der Waals surface area contributed by atoms with E-state index in [1.54, 1.807) is 28.9 Å². The number of benzene rings is 1. The van der Waals surface area contributed by atoms with E-state index >= 15 is 0 Å². The minimum atomic E-state index is -1.12. The topological polar surface area (TPSA) is 96.4 Å². The molecule has 0 aromatic heterocycles. The van der Waals surface area contributed by atoms with Gasteiger partial charge in [0.1, 0.15) is 17.6 Å². The lowest BCUT2D eigenvalue weighted by atomic mass is 9.66. The summed E-state index contributed by atoms with van der Waals surface area (Å²) in [6, 6.07) is 4.55. The number of hydrogen-bond acceptors (Lipinski definition) is 6. The van der Waals surface area contributed by atoms with Crippen molar-refractivity contribution in [1.82, 2.24) is 4.90 Å². The number of ether oxygens (including phenoxy) is 2. The van der Waals surface area contributed by atoms with Crippen LogP contribution in [0.4, 0.5) is 5.69 Å². The van der Waals surface area contributed by atoms with Gasteiger partial charge in [0.2, 0.25) is 5.91 Å². The number of aliphatic hydroxyl groups excluding tert-OH is 1. The van der Waals surface area contributed by atoms with Gasteiger partial charge in [-0.15, -0.1) is 6.58 Å². The number of esters is 1. The quantitative estimate of drug-likeness (QED) is 0.241. The molecule has 1 aromatic carbocycles. The van der Waals surface area contributed by atoms with Crippen LogP contribution in [0.15, 0.2) is 30.9 Å². The van der Waals surface area contributed by atoms with Crippen LogP contribution in [0.1, 0.15) is 57.9 Å². The van der Waals surface area contributed by atoms with Gasteiger partial charge >= 0.3 is 5.97 Å². The standard InChI is InChI=1S/C29H39ClN2O6/c1-5-16-31(23-19(3)12-11-13-20(23)30)26(35)24-29-15-14-28(4,38-29)22(27(36)37-6-2)21(29)25(34)32(24)17-9-7-8-10-18-33/h5,11-13,21-22,24,33H,1,6-10,14-18H2,2-4H3/t21-,22-,24?,28+,29?/m0/s1. The second-order valence-electron chi connectivity index (χ2n) is 10.8. The predicted molar refractivity (Wildman–Crippen MR) is 145 cm³/mol. The Morgan fingerprint density at radius 2 is 2.03 bits per heavy atom. The lowest BCUT2D eigenvalue weighted by Gasteiger charge is -2.37. The predicted octanol–water partition coefficient (Wildman–Crippen LogP) is 4.05. The summed E-state index contributed by atoms with van der Waals surface area (Å²) in [5, 5.41) is 9.57. The van der Waals surface area contributed by atoms with E-state index in [4.69, 9.17) is 26.2 Å². The number of aryl methyl sites for hydroxylation is 1. The van der Waals surface area contributed by atoms with Gasteiger partial charge in [-0.05, 0) is 58.1 Å². The molecule has 0 radical (unpaired) electrons. The first kappa shape index (κ1) is 28.6. The molecule has 2 amide bonds. The molecule has 1 N–H and O–H groups in total. The Hall–Kier alpha value is -2.42. The van der Waals surface area contributed by atoms with Crippen LogP contribution in [-0.4, -0.2) is 71.3 Å². The van der Waals surface area contributed by atoms with Gasteiger partial charge in [-0.2, -0.15) is 0 Å². The van der Waals surface area contributed by atoms with Gasteiger partial charge in [0.25, 0.3) is 5.91 Å². The van der Waals surface area contributed by atoms with Gasteiger partial charge in [-0.3, -0.25) is 14.4 Å². The number of hydrogen-bond donors (Lipinski definition) is 1. The Bertz CT molecular complexity index is 1070. The first-order chi connectivity index (χ1) is 18.2. The smallest absolute Gasteiger partial charge is 0.312 e. The van der Waals surface area contributed by atoms with Gasteiger partial charge in [0.05, 0.1) is 28.8 Å². The number of anilines is 1. The fourth-order valence-electron chi connectivity index (χ4n) is 6.82. The monoisotopic (exact) mass is 546 g/mol. The number of halogens is 1. The summed E-state index contributed by atoms with van der Waals surface area (Å²) in [7, 11) is 0. The van der Waals surface area contributed by atoms with E-state index in [2.05, 4.69) is 6.58 Å². The number of fused-ring (bicyclic) bond motifs is 1. The van der Waals surface area contributed by atoms with Crippen molar-refractivity contribution >= 4 is 35.1 Å². The summed E-state index contributed by atoms with van der Waals surface area (Å²) < 4.78 is 12.1. The van der Waals surface area contributed by atoms with E-state index in [-0.39, 0.29) is 31.6 Å². The Labute approximate surface area is 229 Å². The van der Waals surface area contributed by atoms with Crippen LogP contribution >= 0.6 is 11.6 Å². The van der Waals surface area contributed by atoms with Crippen LogP contribution in [-0.2, 0) is 23.9 Å². The Morgan fingerprint density at radius 1 is 1.29 bits per heavy atom. The molecule has 9 heteroatoms. The zero-order chi connectivity index (χ0) is 27.7. The molecule has 5 atom stereocenters. The Kier molecular flexibility index (Phi) is 8.55. The summed E-state index contributed by atoms with van der Waals surface area (Å²) >= 11 is 6.60. The zero-order valence-corrected chi connectivity index (χ0v) is 23.3. The van der Waals surface area contributed by atoms with Gasteiger partial charge in [0.15, 0.2) is 0 Å². The molecule has 8 nitrogen and oxygen atoms in total. The molecule has 2 unspecified atom stereocenters. The van der Waals surface area contributed by atoms with E-state index < -0.39 is 35.0 Å². The van der Waals surface area contributed by atoms with Crippen LogP contribution in [0, 0.1) is 18.8 Å². The molecule has 3 aliphatic rings. The number of likely N-dealkylation sites (tertiary alicyclic amines) is 1. The number of carbonyl (C=O) groups is 3. The van der Waals surface area contributed by atoms with E-state index in [0.717, 1.165) is 18.4 Å². The highest BCUT2D eigenvalue weighted by atomic mass is 35.5. The van der Waals surface area contributed by atoms with Crippen LogP contribution in [0.5, 0.6) is 0 Å². The van der Waals surface area contributed by atoms with Crippen LogP contribution < -0.4 is 4.90 Å². The highest BCUT2D eigenvalue weighted by molar-refractivity contribution is 6.34. The lowest BCUT2D eigenvalue weighted by Crippen LogP contribution is -2.56. The number of unbranched alkanes of at least 4 members (excludes halogenated alkanes) is 3. The highest BCUT2D eigenvalue weighted by Gasteiger charge is 2.78. The van der Waals surface area contributed by atoms with Gasteiger partial charge in [-0.1, -0.05) is 42.7 Å². The van der Waals surface area contributed by atoms with Gasteiger partial charge in [-0.25, -0.2) is 0 Å². The van der Waals surface area contributed by atoms with E-state index in [1.807, 2.05) is 26.0 Å². The maximum Gasteiger partial charge on any atom is 0.312 e. The van der Waals surface area contributed by atoms with Crippen LogP contribution in [0.25, 0.3) is 0 Å². The van der Waals surface area contributed by atoms with Crippen molar-refractivity contribution in [1.29, 1.82) is 0 Å². The third-order valence-corrected chi connectivity index (χ3v) is 8.70. The molecule has 1 aromatic rings. The first-order valence-electron chi connectivity index (χ1n) is 13.6. The third kappa shape index (κ3) is 4.65. The molecule has 38 heavy (non-hydrogen) atoms. The molecule has 208 valence electrons. The molecular weight excluding hydrogens is 508 g/mol. The van der Waals surface area contributed by atoms with Crippen molar-refractivity contribution in [3.8, 4) is 0 Å². The van der Waals surface area contributed by atoms with Crippen molar-refractivity contribution in [2.75, 3.05) is 31.2 Å². The van der Waals surface area contributed by atoms with Gasteiger partial charge < -0.3 is 24.4 Å². The van der Waals surface area contributed by atoms with E-state index in [9.17, 15) is 14.4 Å². The fourth-order valence-corrected chi connectivity index (χ4v) is 7.14. The Balaban J connectivity index is 1.77. The average molecular weight is 547 g/mol. The largest absolute Gasteiger partial charge is 0.466 e. The van der Waals surface area contributed by atoms with Crippen LogP contribution in [0.3, 0.4) is 0 Å². The summed E-state index contributed by atoms with van der Waals surface area (Å²) in [6.45, 7) is 10.2. The molecule has 3 aliphatic heterocycles. The molecule has 4 rings (SSSR count). The molecule has 3 saturated heterocycles. The van der Waals surface area contributed by atoms with Crippen molar-refractivity contribution in [2.45, 2.75) is 76.5 Å². The summed E-state index contributed by atoms with van der Waals surface area (Å²) in [6.07, 6.45) is 5.69. The number of carbonyl (C=O) groups excluding carboxylic acids is 3. The number of aliphatic hydroxyl groups is 1. The van der Waals surface area contributed by atoms with Crippen molar-refractivity contribution in [2.24, 2.45) is 11.8 Å². The molecule has 0 aliphatic carbocycles. The van der Waals surface area contributed by atoms with E-state index in [1.165, 1.54) is 0 Å². The first-order valence-corrected chi connectivity index (χ1v) is 14.0. The van der Waals surface area contributed by atoms with Gasteiger partial charge in [0, 0.05) is 19.7 Å². The maximum absolute atomic E-state index is 14.6. The molecule has 1 spiro atoms. The zero-order valence-electron chi connectivity index (χ0n) is 22.6. The SMILES string of the molecule is C=CCN(C(=O)C1N(CCCCCCO)C(=O)[C@@H]2[C@@H](C(=O)OCC)[C@@]3(C)CCC12O3)c1c(C)cccc1Cl. The minimum Gasteiger partial charge on any atom is -0.466 e. The maximum atomic E-state index is 14.6. The number of rotatable bonds is 12. The van der Waals surface area contributed by atoms with Crippen molar-refractivity contribution in [3.05, 3.63) is 41.4 Å². The summed E-state index contributed by atoms with van der Waals surface area (Å²) in [5.41, 5.74) is -0.591. The molecule has 2 bridgehead atoms. The molecule has 3 fully saturated rings. The summed E-state index contributed by atoms with van der Waals surface area (Å²) in [4.78, 5) is 45.0. The third-order valence-electron chi connectivity index (χ3n) is 8.39. The summed E-state index contributed by atoms with van der Waals surface area (Å²) in [5.74, 6) is -2.53. The normalized spacial score (nSPS) is 29.4. The number of para-hydroxylation sites is 1. The van der Waals surface area contributed by atoms with Crippen molar-refractivity contribution in [3.63, 3.8) is 0 Å². The molecule has 0 saturated carbocycles. The number of amides is 2. The van der Waals surface area contributed by atoms with E-state index in [0.29, 0.717) is 42.9 Å². The van der Waals surface area contributed by atoms with Crippen molar-refractivity contribution < 1.29 is 29.0 Å². The molecule has 3 heterocycles. The average Bonchev–Trinajstić information content (AvgIpc) is 3.44. The highest BCUT2D eigenvalue weighted by Crippen LogP contribution is 2.63. The minimum absolute atomic E-state index is 0.121. The van der Waals surface area contributed by atoms with Crippen LogP contribution in [0.2, 0.25) is 5.02 Å². The second kappa shape index (κ2) is 11.4. The lowest BCUT2D eigenvalue weighted by molar-refractivity contribution is -0.159.